The lowest BCUT2D eigenvalue weighted by molar-refractivity contribution is 0.0498. The topological polar surface area (TPSA) is 50.4 Å². The highest BCUT2D eigenvalue weighted by atomic mass is 32.2. The third kappa shape index (κ3) is 5.17. The fourth-order valence-corrected chi connectivity index (χ4v) is 4.18. The predicted octanol–water partition coefficient (Wildman–Crippen LogP) is 2.77. The average molecular weight is 300 g/mol. The first-order valence-electron chi connectivity index (χ1n) is 7.75. The number of hydrogen-bond donors (Lipinski definition) is 2. The summed E-state index contributed by atoms with van der Waals surface area (Å²) >= 11 is 2.05. The third-order valence-corrected chi connectivity index (χ3v) is 5.14. The average Bonchev–Trinajstić information content (AvgIpc) is 2.94. The summed E-state index contributed by atoms with van der Waals surface area (Å²) in [6.07, 6.45) is 4.43. The molecule has 1 heterocycles. The zero-order valence-corrected chi connectivity index (χ0v) is 13.7. The molecule has 20 heavy (non-hydrogen) atoms. The van der Waals surface area contributed by atoms with Gasteiger partial charge in [-0.25, -0.2) is 4.79 Å². The quantitative estimate of drug-likeness (QED) is 0.838. The van der Waals surface area contributed by atoms with Crippen molar-refractivity contribution in [1.82, 2.24) is 10.6 Å². The number of amides is 1. The number of nitrogens with one attached hydrogen (secondary N) is 2. The van der Waals surface area contributed by atoms with Crippen LogP contribution in [0.1, 0.15) is 46.5 Å². The Kier molecular flexibility index (Phi) is 5.61. The molecule has 2 N–H and O–H groups in total. The minimum Gasteiger partial charge on any atom is -0.444 e. The first-order chi connectivity index (χ1) is 9.44. The van der Waals surface area contributed by atoms with Crippen LogP contribution < -0.4 is 10.6 Å². The van der Waals surface area contributed by atoms with E-state index in [1.54, 1.807) is 0 Å². The summed E-state index contributed by atoms with van der Waals surface area (Å²) in [5.74, 6) is 3.39. The maximum atomic E-state index is 11.9. The van der Waals surface area contributed by atoms with E-state index < -0.39 is 5.60 Å². The van der Waals surface area contributed by atoms with Crippen LogP contribution in [0.4, 0.5) is 4.79 Å². The molecule has 2 fully saturated rings. The van der Waals surface area contributed by atoms with Gasteiger partial charge in [0.15, 0.2) is 0 Å². The minimum absolute atomic E-state index is 0.221. The van der Waals surface area contributed by atoms with Crippen LogP contribution in [0.25, 0.3) is 0 Å². The van der Waals surface area contributed by atoms with Crippen LogP contribution in [0.5, 0.6) is 0 Å². The molecule has 4 nitrogen and oxygen atoms in total. The first-order valence-corrected chi connectivity index (χ1v) is 8.90. The van der Waals surface area contributed by atoms with E-state index in [0.29, 0.717) is 6.04 Å². The highest BCUT2D eigenvalue weighted by molar-refractivity contribution is 7.99. The molecule has 1 saturated carbocycles. The Morgan fingerprint density at radius 1 is 1.25 bits per heavy atom. The lowest BCUT2D eigenvalue weighted by Gasteiger charge is -2.26. The summed E-state index contributed by atoms with van der Waals surface area (Å²) in [6.45, 7) is 6.78. The van der Waals surface area contributed by atoms with Crippen molar-refractivity contribution in [3.8, 4) is 0 Å². The van der Waals surface area contributed by atoms with Crippen molar-refractivity contribution in [2.24, 2.45) is 5.92 Å². The van der Waals surface area contributed by atoms with E-state index in [2.05, 4.69) is 22.4 Å². The molecule has 0 spiro atoms. The van der Waals surface area contributed by atoms with Crippen LogP contribution in [-0.2, 0) is 4.74 Å². The molecule has 0 aromatic rings. The second kappa shape index (κ2) is 7.03. The van der Waals surface area contributed by atoms with Gasteiger partial charge in [-0.2, -0.15) is 11.8 Å². The van der Waals surface area contributed by atoms with Gasteiger partial charge >= 0.3 is 6.09 Å². The minimum atomic E-state index is -0.424. The summed E-state index contributed by atoms with van der Waals surface area (Å²) in [6, 6.07) is 0.632. The van der Waals surface area contributed by atoms with Crippen molar-refractivity contribution in [2.75, 3.05) is 18.1 Å². The number of carbonyl (C=O) groups excluding carboxylic acids is 1. The van der Waals surface area contributed by atoms with Crippen LogP contribution in [0.15, 0.2) is 0 Å². The number of ether oxygens (including phenoxy) is 1. The second-order valence-electron chi connectivity index (χ2n) is 6.93. The standard InChI is InChI=1S/C15H28N2O2S/c1-15(2,3)19-14(18)17-13-6-4-5-12(13)16-9-11-7-8-20-10-11/h11-13,16H,4-10H2,1-3H3,(H,17,18). The van der Waals surface area contributed by atoms with Gasteiger partial charge in [0.25, 0.3) is 0 Å². The van der Waals surface area contributed by atoms with Crippen LogP contribution in [0, 0.1) is 5.92 Å². The first kappa shape index (κ1) is 16.0. The summed E-state index contributed by atoms with van der Waals surface area (Å²) in [4.78, 5) is 11.9. The molecule has 0 radical (unpaired) electrons. The Morgan fingerprint density at radius 3 is 2.65 bits per heavy atom. The number of thioether (sulfide) groups is 1. The summed E-state index contributed by atoms with van der Waals surface area (Å²) < 4.78 is 5.34. The lowest BCUT2D eigenvalue weighted by Crippen LogP contribution is -2.49. The zero-order chi connectivity index (χ0) is 14.6. The fraction of sp³-hybridized carbons (Fsp3) is 0.933. The molecule has 0 aromatic heterocycles. The highest BCUT2D eigenvalue weighted by Gasteiger charge is 2.30. The molecule has 0 aromatic carbocycles. The van der Waals surface area contributed by atoms with Gasteiger partial charge in [-0.15, -0.1) is 0 Å². The van der Waals surface area contributed by atoms with Gasteiger partial charge < -0.3 is 15.4 Å². The molecule has 3 atom stereocenters. The van der Waals surface area contributed by atoms with Crippen molar-refractivity contribution in [1.29, 1.82) is 0 Å². The second-order valence-corrected chi connectivity index (χ2v) is 8.08. The van der Waals surface area contributed by atoms with Crippen molar-refractivity contribution in [2.45, 2.75) is 64.1 Å². The molecular weight excluding hydrogens is 272 g/mol. The van der Waals surface area contributed by atoms with Gasteiger partial charge in [-0.05, 0) is 70.4 Å². The molecule has 3 unspecified atom stereocenters. The Morgan fingerprint density at radius 2 is 2.00 bits per heavy atom. The van der Waals surface area contributed by atoms with Crippen LogP contribution in [0.2, 0.25) is 0 Å². The Hall–Kier alpha value is -0.420. The van der Waals surface area contributed by atoms with Crippen molar-refractivity contribution < 1.29 is 9.53 Å². The molecule has 1 saturated heterocycles. The number of hydrogen-bond acceptors (Lipinski definition) is 4. The van der Waals surface area contributed by atoms with Gasteiger partial charge in [0.05, 0.1) is 0 Å². The van der Waals surface area contributed by atoms with E-state index in [4.69, 9.17) is 4.74 Å². The maximum Gasteiger partial charge on any atom is 0.407 e. The molecule has 2 aliphatic rings. The van der Waals surface area contributed by atoms with Crippen molar-refractivity contribution in [3.05, 3.63) is 0 Å². The van der Waals surface area contributed by atoms with Crippen LogP contribution in [-0.4, -0.2) is 41.8 Å². The van der Waals surface area contributed by atoms with Gasteiger partial charge in [-0.1, -0.05) is 0 Å². The van der Waals surface area contributed by atoms with E-state index in [0.717, 1.165) is 25.3 Å². The van der Waals surface area contributed by atoms with E-state index in [1.807, 2.05) is 20.8 Å². The largest absolute Gasteiger partial charge is 0.444 e. The van der Waals surface area contributed by atoms with Crippen LogP contribution >= 0.6 is 11.8 Å². The molecule has 1 amide bonds. The van der Waals surface area contributed by atoms with E-state index in [9.17, 15) is 4.79 Å². The molecular formula is C15H28N2O2S. The predicted molar refractivity (Wildman–Crippen MR) is 84.2 cm³/mol. The number of rotatable bonds is 4. The fourth-order valence-electron chi connectivity index (χ4n) is 2.90. The molecule has 1 aliphatic heterocycles. The number of carbonyl (C=O) groups is 1. The van der Waals surface area contributed by atoms with E-state index in [-0.39, 0.29) is 12.1 Å². The van der Waals surface area contributed by atoms with E-state index >= 15 is 0 Å². The molecule has 116 valence electrons. The zero-order valence-electron chi connectivity index (χ0n) is 12.9. The normalized spacial score (nSPS) is 30.4. The Balaban J connectivity index is 1.73. The maximum absolute atomic E-state index is 11.9. The lowest BCUT2D eigenvalue weighted by atomic mass is 10.1. The summed E-state index contributed by atoms with van der Waals surface area (Å²) in [5, 5.41) is 6.69. The monoisotopic (exact) mass is 300 g/mol. The summed E-state index contributed by atoms with van der Waals surface area (Å²) in [5.41, 5.74) is -0.424. The Labute approximate surface area is 126 Å². The van der Waals surface area contributed by atoms with E-state index in [1.165, 1.54) is 24.3 Å². The van der Waals surface area contributed by atoms with Gasteiger partial charge in [0.2, 0.25) is 0 Å². The number of alkyl carbamates (subject to hydrolysis) is 1. The van der Waals surface area contributed by atoms with Crippen molar-refractivity contribution >= 4 is 17.9 Å². The van der Waals surface area contributed by atoms with Crippen LogP contribution in [0.3, 0.4) is 0 Å². The Bertz CT molecular complexity index is 324. The summed E-state index contributed by atoms with van der Waals surface area (Å²) in [7, 11) is 0. The van der Waals surface area contributed by atoms with Gasteiger partial charge in [0.1, 0.15) is 5.60 Å². The third-order valence-electron chi connectivity index (χ3n) is 3.91. The molecule has 5 heteroatoms. The highest BCUT2D eigenvalue weighted by Crippen LogP contribution is 2.24. The molecule has 2 rings (SSSR count). The molecule has 1 aliphatic carbocycles. The molecule has 0 bridgehead atoms. The van der Waals surface area contributed by atoms with Gasteiger partial charge in [0, 0.05) is 12.1 Å². The SMILES string of the molecule is CC(C)(C)OC(=O)NC1CCCC1NCC1CCSC1. The smallest absolute Gasteiger partial charge is 0.407 e. The van der Waals surface area contributed by atoms with Gasteiger partial charge in [-0.3, -0.25) is 0 Å². The van der Waals surface area contributed by atoms with Crippen molar-refractivity contribution in [3.63, 3.8) is 0 Å².